The molecule has 0 atom stereocenters. The summed E-state index contributed by atoms with van der Waals surface area (Å²) in [5, 5.41) is 19.8. The third-order valence-electron chi connectivity index (χ3n) is 2.21. The highest BCUT2D eigenvalue weighted by Gasteiger charge is 2.11. The molecule has 0 saturated carbocycles. The van der Waals surface area contributed by atoms with Crippen molar-refractivity contribution in [2.24, 2.45) is 0 Å². The van der Waals surface area contributed by atoms with Gasteiger partial charge in [0, 0.05) is 12.5 Å². The van der Waals surface area contributed by atoms with Gasteiger partial charge in [0.2, 0.25) is 0 Å². The summed E-state index contributed by atoms with van der Waals surface area (Å²) >= 11 is 0. The smallest absolute Gasteiger partial charge is 0.198 e. The van der Waals surface area contributed by atoms with Crippen molar-refractivity contribution in [1.82, 2.24) is 0 Å². The standard InChI is InChI=1S/C9H10N2O/c1-6-7(2)9(4-10)5-11(12)8(6)3/h5H,1-3H3. The first kappa shape index (κ1) is 8.54. The molecule has 1 aromatic heterocycles. The van der Waals surface area contributed by atoms with Crippen LogP contribution in [-0.4, -0.2) is 0 Å². The predicted molar refractivity (Wildman–Crippen MR) is 44.3 cm³/mol. The highest BCUT2D eigenvalue weighted by molar-refractivity contribution is 5.38. The summed E-state index contributed by atoms with van der Waals surface area (Å²) in [4.78, 5) is 0. The number of aromatic nitrogens is 1. The maximum atomic E-state index is 11.1. The minimum atomic E-state index is 0.452. The summed E-state index contributed by atoms with van der Waals surface area (Å²) in [6.45, 7) is 5.44. The Bertz CT molecular complexity index is 364. The van der Waals surface area contributed by atoms with Crippen LogP contribution < -0.4 is 4.73 Å². The van der Waals surface area contributed by atoms with Crippen molar-refractivity contribution in [1.29, 1.82) is 5.26 Å². The third-order valence-corrected chi connectivity index (χ3v) is 2.21. The first-order valence-electron chi connectivity index (χ1n) is 3.68. The zero-order chi connectivity index (χ0) is 9.30. The fourth-order valence-corrected chi connectivity index (χ4v) is 1.06. The predicted octanol–water partition coefficient (Wildman–Crippen LogP) is 1.12. The maximum absolute atomic E-state index is 11.1. The van der Waals surface area contributed by atoms with Crippen molar-refractivity contribution >= 4 is 0 Å². The van der Waals surface area contributed by atoms with Crippen LogP contribution in [0.1, 0.15) is 22.4 Å². The molecular formula is C9H10N2O. The fraction of sp³-hybridized carbons (Fsp3) is 0.333. The minimum absolute atomic E-state index is 0.452. The maximum Gasteiger partial charge on any atom is 0.198 e. The van der Waals surface area contributed by atoms with E-state index in [0.717, 1.165) is 15.9 Å². The molecule has 0 saturated heterocycles. The Morgan fingerprint density at radius 2 is 1.92 bits per heavy atom. The monoisotopic (exact) mass is 162 g/mol. The van der Waals surface area contributed by atoms with Gasteiger partial charge in [-0.2, -0.15) is 9.99 Å². The number of hydrogen-bond donors (Lipinski definition) is 0. The lowest BCUT2D eigenvalue weighted by atomic mass is 10.1. The molecule has 3 nitrogen and oxygen atoms in total. The van der Waals surface area contributed by atoms with Crippen LogP contribution in [0.15, 0.2) is 6.20 Å². The molecule has 0 spiro atoms. The molecule has 0 aromatic carbocycles. The quantitative estimate of drug-likeness (QED) is 0.424. The molecular weight excluding hydrogens is 152 g/mol. The molecule has 0 aliphatic carbocycles. The zero-order valence-corrected chi connectivity index (χ0v) is 7.38. The van der Waals surface area contributed by atoms with Crippen molar-refractivity contribution in [3.8, 4) is 6.07 Å². The van der Waals surface area contributed by atoms with Crippen LogP contribution in [0.5, 0.6) is 0 Å². The van der Waals surface area contributed by atoms with Crippen molar-refractivity contribution in [3.63, 3.8) is 0 Å². The van der Waals surface area contributed by atoms with Gasteiger partial charge in [-0.15, -0.1) is 0 Å². The molecule has 0 fully saturated rings. The number of nitriles is 1. The zero-order valence-electron chi connectivity index (χ0n) is 7.38. The van der Waals surface area contributed by atoms with E-state index >= 15 is 0 Å². The molecule has 62 valence electrons. The molecule has 0 amide bonds. The highest BCUT2D eigenvalue weighted by Crippen LogP contribution is 2.11. The Kier molecular flexibility index (Phi) is 2.01. The molecule has 0 radical (unpaired) electrons. The average Bonchev–Trinajstić information content (AvgIpc) is 2.08. The topological polar surface area (TPSA) is 50.7 Å². The van der Waals surface area contributed by atoms with Crippen LogP contribution in [0.2, 0.25) is 0 Å². The number of rotatable bonds is 0. The van der Waals surface area contributed by atoms with E-state index in [2.05, 4.69) is 0 Å². The van der Waals surface area contributed by atoms with Gasteiger partial charge in [-0.1, -0.05) is 0 Å². The molecule has 12 heavy (non-hydrogen) atoms. The van der Waals surface area contributed by atoms with Gasteiger partial charge in [0.1, 0.15) is 11.6 Å². The molecule has 1 rings (SSSR count). The Labute approximate surface area is 71.5 Å². The first-order valence-corrected chi connectivity index (χ1v) is 3.68. The number of pyridine rings is 1. The van der Waals surface area contributed by atoms with E-state index < -0.39 is 0 Å². The van der Waals surface area contributed by atoms with Crippen LogP contribution in [-0.2, 0) is 0 Å². The summed E-state index contributed by atoms with van der Waals surface area (Å²) in [6.07, 6.45) is 1.32. The second kappa shape index (κ2) is 2.82. The number of hydrogen-bond acceptors (Lipinski definition) is 2. The molecule has 0 aliphatic rings. The van der Waals surface area contributed by atoms with Crippen LogP contribution in [0, 0.1) is 37.3 Å². The fourth-order valence-electron chi connectivity index (χ4n) is 1.06. The van der Waals surface area contributed by atoms with Crippen LogP contribution in [0.25, 0.3) is 0 Å². The normalized spacial score (nSPS) is 9.50. The molecule has 0 unspecified atom stereocenters. The lowest BCUT2D eigenvalue weighted by molar-refractivity contribution is -0.612. The second-order valence-corrected chi connectivity index (χ2v) is 2.82. The third kappa shape index (κ3) is 1.12. The lowest BCUT2D eigenvalue weighted by Crippen LogP contribution is -2.31. The van der Waals surface area contributed by atoms with Crippen molar-refractivity contribution in [2.75, 3.05) is 0 Å². The molecule has 1 aromatic rings. The minimum Gasteiger partial charge on any atom is -0.618 e. The summed E-state index contributed by atoms with van der Waals surface area (Å²) < 4.78 is 0.737. The Morgan fingerprint density at radius 1 is 1.33 bits per heavy atom. The lowest BCUT2D eigenvalue weighted by Gasteiger charge is -2.06. The van der Waals surface area contributed by atoms with E-state index in [-0.39, 0.29) is 0 Å². The Morgan fingerprint density at radius 3 is 2.42 bits per heavy atom. The first-order chi connectivity index (χ1) is 5.57. The van der Waals surface area contributed by atoms with Crippen molar-refractivity contribution in [3.05, 3.63) is 33.8 Å². The summed E-state index contributed by atoms with van der Waals surface area (Å²) in [5.41, 5.74) is 2.89. The Hall–Kier alpha value is -1.56. The van der Waals surface area contributed by atoms with E-state index in [1.807, 2.05) is 19.9 Å². The summed E-state index contributed by atoms with van der Waals surface area (Å²) in [5.74, 6) is 0. The van der Waals surface area contributed by atoms with Crippen LogP contribution in [0.3, 0.4) is 0 Å². The number of nitrogens with zero attached hydrogens (tertiary/aromatic N) is 2. The van der Waals surface area contributed by atoms with Gasteiger partial charge < -0.3 is 5.21 Å². The summed E-state index contributed by atoms with van der Waals surface area (Å²) in [7, 11) is 0. The molecule has 0 aliphatic heterocycles. The molecule has 3 heteroatoms. The summed E-state index contributed by atoms with van der Waals surface area (Å²) in [6, 6.07) is 1.98. The van der Waals surface area contributed by atoms with E-state index in [4.69, 9.17) is 5.26 Å². The largest absolute Gasteiger partial charge is 0.618 e. The van der Waals surface area contributed by atoms with Crippen molar-refractivity contribution in [2.45, 2.75) is 20.8 Å². The molecule has 0 bridgehead atoms. The van der Waals surface area contributed by atoms with Crippen molar-refractivity contribution < 1.29 is 4.73 Å². The van der Waals surface area contributed by atoms with E-state index in [1.165, 1.54) is 6.20 Å². The van der Waals surface area contributed by atoms with Crippen LogP contribution >= 0.6 is 0 Å². The average molecular weight is 162 g/mol. The second-order valence-electron chi connectivity index (χ2n) is 2.82. The molecule has 0 N–H and O–H groups in total. The van der Waals surface area contributed by atoms with E-state index in [1.54, 1.807) is 6.92 Å². The van der Waals surface area contributed by atoms with E-state index in [0.29, 0.717) is 11.3 Å². The van der Waals surface area contributed by atoms with Gasteiger partial charge in [-0.3, -0.25) is 0 Å². The van der Waals surface area contributed by atoms with Gasteiger partial charge in [-0.05, 0) is 19.4 Å². The van der Waals surface area contributed by atoms with Gasteiger partial charge in [0.15, 0.2) is 11.9 Å². The van der Waals surface area contributed by atoms with Gasteiger partial charge in [-0.25, -0.2) is 0 Å². The van der Waals surface area contributed by atoms with Gasteiger partial charge >= 0.3 is 0 Å². The highest BCUT2D eigenvalue weighted by atomic mass is 16.5. The SMILES string of the molecule is Cc1c(C#N)c[n+]([O-])c(C)c1C. The van der Waals surface area contributed by atoms with E-state index in [9.17, 15) is 5.21 Å². The molecule has 1 heterocycles. The van der Waals surface area contributed by atoms with Gasteiger partial charge in [0.25, 0.3) is 0 Å². The van der Waals surface area contributed by atoms with Crippen LogP contribution in [0.4, 0.5) is 0 Å². The Balaban J connectivity index is 3.52. The van der Waals surface area contributed by atoms with Gasteiger partial charge in [0.05, 0.1) is 0 Å².